The topological polar surface area (TPSA) is 68.6 Å². The Bertz CT molecular complexity index is 991. The average Bonchev–Trinajstić information content (AvgIpc) is 3.59. The van der Waals surface area contributed by atoms with E-state index >= 15 is 0 Å². The van der Waals surface area contributed by atoms with Crippen LogP contribution in [0.15, 0.2) is 47.4 Å². The first kappa shape index (κ1) is 21.8. The first-order valence-corrected chi connectivity index (χ1v) is 10.8. The molecule has 0 heterocycles. The minimum atomic E-state index is 0.00545. The lowest BCUT2D eigenvalue weighted by Gasteiger charge is -2.12. The van der Waals surface area contributed by atoms with Gasteiger partial charge >= 0.3 is 0 Å². The molecule has 2 unspecified atom stereocenters. The molecule has 1 saturated carbocycles. The van der Waals surface area contributed by atoms with E-state index in [1.807, 2.05) is 36.6 Å². The van der Waals surface area contributed by atoms with Gasteiger partial charge in [-0.05, 0) is 60.1 Å². The van der Waals surface area contributed by atoms with Gasteiger partial charge in [-0.15, -0.1) is 11.8 Å². The van der Waals surface area contributed by atoms with Crippen LogP contribution in [-0.4, -0.2) is 33.4 Å². The molecule has 1 fully saturated rings. The van der Waals surface area contributed by atoms with Gasteiger partial charge in [0, 0.05) is 17.2 Å². The highest BCUT2D eigenvalue weighted by atomic mass is 32.2. The minimum absolute atomic E-state index is 0.00545. The Morgan fingerprint density at radius 1 is 1.07 bits per heavy atom. The number of ketones is 1. The molecule has 0 spiro atoms. The van der Waals surface area contributed by atoms with E-state index < -0.39 is 0 Å². The van der Waals surface area contributed by atoms with E-state index in [9.17, 15) is 10.1 Å². The number of methoxy groups -OCH3 is 3. The van der Waals surface area contributed by atoms with Crippen molar-refractivity contribution >= 4 is 23.1 Å². The van der Waals surface area contributed by atoms with Crippen molar-refractivity contribution in [1.82, 2.24) is 0 Å². The maximum atomic E-state index is 12.9. The predicted octanol–water partition coefficient (Wildman–Crippen LogP) is 5.07. The standard InChI is InChI=1S/C24H25NO4S/c1-27-17-8-5-15(6-9-17)18-12-19(18)21(26)13-24(30-4)20(14-25)16-7-10-22(28-2)23(11-16)29-3/h5-11,18-19H,12-13H2,1-4H3/b24-20-. The molecule has 0 N–H and O–H groups in total. The van der Waals surface area contributed by atoms with Gasteiger partial charge in [-0.2, -0.15) is 5.26 Å². The summed E-state index contributed by atoms with van der Waals surface area (Å²) >= 11 is 1.44. The average molecular weight is 424 g/mol. The molecule has 30 heavy (non-hydrogen) atoms. The summed E-state index contributed by atoms with van der Waals surface area (Å²) in [5, 5.41) is 9.80. The van der Waals surface area contributed by atoms with Crippen LogP contribution >= 0.6 is 11.8 Å². The molecule has 1 aliphatic carbocycles. The summed E-state index contributed by atoms with van der Waals surface area (Å²) in [6.07, 6.45) is 3.01. The third kappa shape index (κ3) is 4.63. The van der Waals surface area contributed by atoms with Crippen molar-refractivity contribution in [3.05, 3.63) is 58.5 Å². The van der Waals surface area contributed by atoms with Crippen molar-refractivity contribution in [3.8, 4) is 23.3 Å². The molecule has 0 saturated heterocycles. The summed E-state index contributed by atoms with van der Waals surface area (Å²) in [4.78, 5) is 13.7. The number of nitrogens with zero attached hydrogens (tertiary/aromatic N) is 1. The number of rotatable bonds is 9. The van der Waals surface area contributed by atoms with Gasteiger partial charge in [0.05, 0.1) is 26.9 Å². The summed E-state index contributed by atoms with van der Waals surface area (Å²) in [7, 11) is 4.77. The third-order valence-corrected chi connectivity index (χ3v) is 6.23. The van der Waals surface area contributed by atoms with E-state index in [1.165, 1.54) is 11.8 Å². The Balaban J connectivity index is 1.78. The fourth-order valence-corrected chi connectivity index (χ4v) is 4.26. The molecule has 0 aliphatic heterocycles. The second-order valence-corrected chi connectivity index (χ2v) is 7.95. The molecule has 3 rings (SSSR count). The summed E-state index contributed by atoms with van der Waals surface area (Å²) in [6.45, 7) is 0. The first-order valence-electron chi connectivity index (χ1n) is 9.62. The van der Waals surface area contributed by atoms with Crippen LogP contribution in [0.1, 0.15) is 29.9 Å². The van der Waals surface area contributed by atoms with Crippen molar-refractivity contribution in [2.45, 2.75) is 18.8 Å². The van der Waals surface area contributed by atoms with Crippen molar-refractivity contribution < 1.29 is 19.0 Å². The number of Topliss-reactive ketones (excluding diaryl/α,β-unsaturated/α-hetero) is 1. The molecule has 2 aromatic rings. The molecule has 2 aromatic carbocycles. The molecule has 0 bridgehead atoms. The Kier molecular flexibility index (Phi) is 7.07. The van der Waals surface area contributed by atoms with E-state index in [4.69, 9.17) is 14.2 Å². The van der Waals surface area contributed by atoms with Crippen LogP contribution in [0.5, 0.6) is 17.2 Å². The third-order valence-electron chi connectivity index (χ3n) is 5.39. The number of nitriles is 1. The minimum Gasteiger partial charge on any atom is -0.497 e. The van der Waals surface area contributed by atoms with Crippen molar-refractivity contribution in [3.63, 3.8) is 0 Å². The number of benzene rings is 2. The summed E-state index contributed by atoms with van der Waals surface area (Å²) < 4.78 is 15.8. The molecule has 0 amide bonds. The Morgan fingerprint density at radius 3 is 2.33 bits per heavy atom. The van der Waals surface area contributed by atoms with Crippen LogP contribution in [0.3, 0.4) is 0 Å². The molecule has 0 radical (unpaired) electrons. The van der Waals surface area contributed by atoms with E-state index in [1.54, 1.807) is 33.5 Å². The van der Waals surface area contributed by atoms with Crippen molar-refractivity contribution in [2.75, 3.05) is 27.6 Å². The predicted molar refractivity (Wildman–Crippen MR) is 119 cm³/mol. The largest absolute Gasteiger partial charge is 0.497 e. The SMILES string of the molecule is COc1ccc(C2CC2C(=O)C/C(SC)=C(\C#N)c2ccc(OC)c(OC)c2)cc1. The van der Waals surface area contributed by atoms with Gasteiger partial charge in [-0.3, -0.25) is 4.79 Å². The maximum Gasteiger partial charge on any atom is 0.161 e. The van der Waals surface area contributed by atoms with Gasteiger partial charge in [0.1, 0.15) is 17.6 Å². The van der Waals surface area contributed by atoms with E-state index in [0.29, 0.717) is 17.1 Å². The number of hydrogen-bond donors (Lipinski definition) is 0. The van der Waals surface area contributed by atoms with E-state index in [0.717, 1.165) is 28.2 Å². The number of ether oxygens (including phenoxy) is 3. The highest BCUT2D eigenvalue weighted by Crippen LogP contribution is 2.49. The summed E-state index contributed by atoms with van der Waals surface area (Å²) in [5.74, 6) is 2.39. The van der Waals surface area contributed by atoms with Gasteiger partial charge in [0.15, 0.2) is 11.5 Å². The molecule has 156 valence electrons. The molecule has 1 aliphatic rings. The zero-order valence-electron chi connectivity index (χ0n) is 17.6. The molecule has 5 nitrogen and oxygen atoms in total. The fraction of sp³-hybridized carbons (Fsp3) is 0.333. The van der Waals surface area contributed by atoms with Gasteiger partial charge in [0.2, 0.25) is 0 Å². The lowest BCUT2D eigenvalue weighted by molar-refractivity contribution is -0.119. The van der Waals surface area contributed by atoms with E-state index in [-0.39, 0.29) is 24.0 Å². The quantitative estimate of drug-likeness (QED) is 0.524. The normalized spacial score (nSPS) is 18.1. The van der Waals surface area contributed by atoms with Crippen LogP contribution in [-0.2, 0) is 4.79 Å². The maximum absolute atomic E-state index is 12.9. The number of hydrogen-bond acceptors (Lipinski definition) is 6. The number of allylic oxidation sites excluding steroid dienone is 2. The van der Waals surface area contributed by atoms with Gasteiger partial charge < -0.3 is 14.2 Å². The Hall–Kier alpha value is -2.91. The molecule has 2 atom stereocenters. The van der Waals surface area contributed by atoms with Crippen LogP contribution < -0.4 is 14.2 Å². The molecule has 6 heteroatoms. The Morgan fingerprint density at radius 2 is 1.77 bits per heavy atom. The van der Waals surface area contributed by atoms with Crippen LogP contribution in [0.2, 0.25) is 0 Å². The highest BCUT2D eigenvalue weighted by molar-refractivity contribution is 8.02. The zero-order valence-corrected chi connectivity index (χ0v) is 18.4. The zero-order chi connectivity index (χ0) is 21.7. The number of carbonyl (C=O) groups is 1. The van der Waals surface area contributed by atoms with Gasteiger partial charge in [-0.1, -0.05) is 12.1 Å². The molecular formula is C24H25NO4S. The molecule has 0 aromatic heterocycles. The monoisotopic (exact) mass is 423 g/mol. The number of carbonyl (C=O) groups excluding carboxylic acids is 1. The number of thioether (sulfide) groups is 1. The Labute approximate surface area is 181 Å². The van der Waals surface area contributed by atoms with Crippen LogP contribution in [0.4, 0.5) is 0 Å². The second kappa shape index (κ2) is 9.73. The summed E-state index contributed by atoms with van der Waals surface area (Å²) in [6, 6.07) is 15.5. The summed E-state index contributed by atoms with van der Waals surface area (Å²) in [5.41, 5.74) is 2.37. The van der Waals surface area contributed by atoms with Gasteiger partial charge in [0.25, 0.3) is 0 Å². The van der Waals surface area contributed by atoms with Crippen molar-refractivity contribution in [2.24, 2.45) is 5.92 Å². The first-order chi connectivity index (χ1) is 14.6. The lowest BCUT2D eigenvalue weighted by Crippen LogP contribution is -2.04. The van der Waals surface area contributed by atoms with Gasteiger partial charge in [-0.25, -0.2) is 0 Å². The fourth-order valence-electron chi connectivity index (χ4n) is 3.60. The van der Waals surface area contributed by atoms with E-state index in [2.05, 4.69) is 6.07 Å². The van der Waals surface area contributed by atoms with Crippen LogP contribution in [0, 0.1) is 17.2 Å². The smallest absolute Gasteiger partial charge is 0.161 e. The molecular weight excluding hydrogens is 398 g/mol. The lowest BCUT2D eigenvalue weighted by atomic mass is 10.0. The highest BCUT2D eigenvalue weighted by Gasteiger charge is 2.43. The second-order valence-electron chi connectivity index (χ2n) is 7.05. The van der Waals surface area contributed by atoms with Crippen molar-refractivity contribution in [1.29, 1.82) is 5.26 Å². The van der Waals surface area contributed by atoms with Crippen LogP contribution in [0.25, 0.3) is 5.57 Å².